The zero-order chi connectivity index (χ0) is 19.3. The Hall–Kier alpha value is -1.96. The monoisotopic (exact) mass is 378 g/mol. The number of hydrogen-bond acceptors (Lipinski definition) is 5. The van der Waals surface area contributed by atoms with Crippen LogP contribution in [0.25, 0.3) is 0 Å². The molecule has 2 heterocycles. The molecule has 3 rings (SSSR count). The fraction of sp³-hybridized carbons (Fsp3) is 0.421. The lowest BCUT2D eigenvalue weighted by atomic mass is 9.86. The van der Waals surface area contributed by atoms with Gasteiger partial charge in [-0.15, -0.1) is 11.3 Å². The van der Waals surface area contributed by atoms with Gasteiger partial charge in [-0.1, -0.05) is 18.2 Å². The molecule has 0 fully saturated rings. The van der Waals surface area contributed by atoms with Gasteiger partial charge in [-0.3, -0.25) is 4.79 Å². The SMILES string of the molecule is CC1(C)Cc2c(sc(NC(O)c3ccccc3F)c2C(N)=O)C(C)(C)O1. The maximum Gasteiger partial charge on any atom is 0.251 e. The van der Waals surface area contributed by atoms with Crippen LogP contribution in [-0.2, 0) is 16.8 Å². The second kappa shape index (κ2) is 6.33. The summed E-state index contributed by atoms with van der Waals surface area (Å²) in [5, 5.41) is 13.7. The number of carbonyl (C=O) groups is 1. The molecule has 1 unspecified atom stereocenters. The molecule has 0 aliphatic carbocycles. The summed E-state index contributed by atoms with van der Waals surface area (Å²) in [7, 11) is 0. The molecule has 1 atom stereocenters. The highest BCUT2D eigenvalue weighted by molar-refractivity contribution is 7.17. The van der Waals surface area contributed by atoms with E-state index in [0.29, 0.717) is 17.0 Å². The van der Waals surface area contributed by atoms with Crippen LogP contribution in [0.5, 0.6) is 0 Å². The predicted molar refractivity (Wildman–Crippen MR) is 99.7 cm³/mol. The number of nitrogens with two attached hydrogens (primary N) is 1. The van der Waals surface area contributed by atoms with Crippen LogP contribution in [0.4, 0.5) is 9.39 Å². The second-order valence-electron chi connectivity index (χ2n) is 7.60. The van der Waals surface area contributed by atoms with Crippen molar-refractivity contribution in [2.24, 2.45) is 5.73 Å². The standard InChI is InChI=1S/C19H23FN2O3S/c1-18(2)9-11-13(15(21)23)17(26-14(11)19(3,4)25-18)22-16(24)10-7-5-6-8-12(10)20/h5-8,16,22,24H,9H2,1-4H3,(H2,21,23). The fourth-order valence-corrected chi connectivity index (χ4v) is 4.87. The van der Waals surface area contributed by atoms with E-state index < -0.39 is 29.2 Å². The first-order valence-corrected chi connectivity index (χ1v) is 9.18. The van der Waals surface area contributed by atoms with Crippen LogP contribution >= 0.6 is 11.3 Å². The molecule has 1 aromatic heterocycles. The maximum absolute atomic E-state index is 13.9. The highest BCUT2D eigenvalue weighted by atomic mass is 32.1. The van der Waals surface area contributed by atoms with E-state index in [0.717, 1.165) is 10.4 Å². The Bertz CT molecular complexity index is 860. The third-order valence-corrected chi connectivity index (χ3v) is 5.87. The molecule has 1 aliphatic heterocycles. The first-order chi connectivity index (χ1) is 12.0. The van der Waals surface area contributed by atoms with E-state index in [1.807, 2.05) is 27.7 Å². The van der Waals surface area contributed by atoms with E-state index >= 15 is 0 Å². The molecule has 1 amide bonds. The minimum absolute atomic E-state index is 0.102. The first kappa shape index (κ1) is 18.8. The summed E-state index contributed by atoms with van der Waals surface area (Å²) in [6.07, 6.45) is -0.774. The quantitative estimate of drug-likeness (QED) is 0.709. The van der Waals surface area contributed by atoms with Crippen molar-refractivity contribution >= 4 is 22.2 Å². The number of hydrogen-bond donors (Lipinski definition) is 3. The third kappa shape index (κ3) is 3.34. The van der Waals surface area contributed by atoms with Gasteiger partial charge in [-0.2, -0.15) is 0 Å². The molecule has 0 bridgehead atoms. The summed E-state index contributed by atoms with van der Waals surface area (Å²) < 4.78 is 20.1. The number of ether oxygens (including phenoxy) is 1. The van der Waals surface area contributed by atoms with Crippen molar-refractivity contribution in [2.75, 3.05) is 5.32 Å². The Labute approximate surface area is 156 Å². The van der Waals surface area contributed by atoms with Gasteiger partial charge in [0, 0.05) is 16.9 Å². The molecular weight excluding hydrogens is 355 g/mol. The molecule has 0 saturated heterocycles. The Morgan fingerprint density at radius 3 is 2.62 bits per heavy atom. The molecule has 0 saturated carbocycles. The van der Waals surface area contributed by atoms with Crippen molar-refractivity contribution in [1.82, 2.24) is 0 Å². The number of anilines is 1. The van der Waals surface area contributed by atoms with E-state index in [1.165, 1.54) is 23.5 Å². The van der Waals surface area contributed by atoms with Crippen molar-refractivity contribution in [2.45, 2.75) is 51.5 Å². The van der Waals surface area contributed by atoms with E-state index in [2.05, 4.69) is 5.32 Å². The fourth-order valence-electron chi connectivity index (χ4n) is 3.58. The van der Waals surface area contributed by atoms with Crippen molar-refractivity contribution in [1.29, 1.82) is 0 Å². The molecule has 5 nitrogen and oxygen atoms in total. The lowest BCUT2D eigenvalue weighted by Crippen LogP contribution is -2.42. The van der Waals surface area contributed by atoms with Crippen LogP contribution in [0.3, 0.4) is 0 Å². The number of rotatable bonds is 4. The lowest BCUT2D eigenvalue weighted by molar-refractivity contribution is -0.135. The normalized spacial score (nSPS) is 18.8. The Morgan fingerprint density at radius 2 is 2.00 bits per heavy atom. The average Bonchev–Trinajstić information content (AvgIpc) is 2.84. The zero-order valence-electron chi connectivity index (χ0n) is 15.2. The topological polar surface area (TPSA) is 84.6 Å². The van der Waals surface area contributed by atoms with Crippen molar-refractivity contribution in [3.63, 3.8) is 0 Å². The van der Waals surface area contributed by atoms with Crippen LogP contribution in [-0.4, -0.2) is 16.6 Å². The molecule has 2 aromatic rings. The summed E-state index contributed by atoms with van der Waals surface area (Å²) in [4.78, 5) is 13.0. The molecule has 0 spiro atoms. The average molecular weight is 378 g/mol. The smallest absolute Gasteiger partial charge is 0.251 e. The van der Waals surface area contributed by atoms with Gasteiger partial charge in [0.05, 0.1) is 16.8 Å². The van der Waals surface area contributed by atoms with Crippen LogP contribution < -0.4 is 11.1 Å². The number of carbonyl (C=O) groups excluding carboxylic acids is 1. The minimum atomic E-state index is -1.30. The molecule has 0 radical (unpaired) electrons. The van der Waals surface area contributed by atoms with Gasteiger partial charge in [0.1, 0.15) is 10.8 Å². The van der Waals surface area contributed by atoms with Gasteiger partial charge in [-0.25, -0.2) is 4.39 Å². The highest BCUT2D eigenvalue weighted by Crippen LogP contribution is 2.48. The van der Waals surface area contributed by atoms with Crippen molar-refractivity contribution < 1.29 is 19.0 Å². The van der Waals surface area contributed by atoms with Crippen molar-refractivity contribution in [3.8, 4) is 0 Å². The lowest BCUT2D eigenvalue weighted by Gasteiger charge is -2.41. The van der Waals surface area contributed by atoms with E-state index in [4.69, 9.17) is 10.5 Å². The van der Waals surface area contributed by atoms with Crippen LogP contribution in [0, 0.1) is 5.82 Å². The van der Waals surface area contributed by atoms with E-state index in [-0.39, 0.29) is 5.56 Å². The van der Waals surface area contributed by atoms with Gasteiger partial charge in [0.2, 0.25) is 0 Å². The van der Waals surface area contributed by atoms with Gasteiger partial charge in [-0.05, 0) is 39.3 Å². The summed E-state index contributed by atoms with van der Waals surface area (Å²) in [5.74, 6) is -1.11. The number of thiophene rings is 1. The van der Waals surface area contributed by atoms with Gasteiger partial charge in [0.15, 0.2) is 6.23 Å². The first-order valence-electron chi connectivity index (χ1n) is 8.37. The number of amides is 1. The van der Waals surface area contributed by atoms with E-state index in [1.54, 1.807) is 12.1 Å². The Balaban J connectivity index is 2.05. The number of primary amides is 1. The van der Waals surface area contributed by atoms with Crippen LogP contribution in [0.15, 0.2) is 24.3 Å². The number of halogens is 1. The predicted octanol–water partition coefficient (Wildman–Crippen LogP) is 3.68. The molecule has 1 aliphatic rings. The molecule has 140 valence electrons. The second-order valence-corrected chi connectivity index (χ2v) is 8.62. The number of aliphatic hydroxyl groups excluding tert-OH is 1. The molecular formula is C19H23FN2O3S. The van der Waals surface area contributed by atoms with Crippen molar-refractivity contribution in [3.05, 3.63) is 51.7 Å². The van der Waals surface area contributed by atoms with Gasteiger partial charge < -0.3 is 20.9 Å². The van der Waals surface area contributed by atoms with Gasteiger partial charge in [0.25, 0.3) is 5.91 Å². The summed E-state index contributed by atoms with van der Waals surface area (Å²) >= 11 is 1.31. The molecule has 4 N–H and O–H groups in total. The largest absolute Gasteiger partial charge is 0.369 e. The number of aliphatic hydroxyl groups is 1. The van der Waals surface area contributed by atoms with E-state index in [9.17, 15) is 14.3 Å². The van der Waals surface area contributed by atoms with Crippen LogP contribution in [0.2, 0.25) is 0 Å². The van der Waals surface area contributed by atoms with Crippen LogP contribution in [0.1, 0.15) is 60.3 Å². The Kier molecular flexibility index (Phi) is 4.58. The molecule has 7 heteroatoms. The highest BCUT2D eigenvalue weighted by Gasteiger charge is 2.42. The number of fused-ring (bicyclic) bond motifs is 1. The molecule has 1 aromatic carbocycles. The minimum Gasteiger partial charge on any atom is -0.369 e. The van der Waals surface area contributed by atoms with Gasteiger partial charge >= 0.3 is 0 Å². The number of nitrogens with one attached hydrogen (secondary N) is 1. The third-order valence-electron chi connectivity index (χ3n) is 4.40. The molecule has 26 heavy (non-hydrogen) atoms. The summed E-state index contributed by atoms with van der Waals surface area (Å²) in [6.45, 7) is 7.79. The summed E-state index contributed by atoms with van der Waals surface area (Å²) in [5.41, 5.74) is 5.84. The number of benzene rings is 1. The zero-order valence-corrected chi connectivity index (χ0v) is 16.0. The maximum atomic E-state index is 13.9. The summed E-state index contributed by atoms with van der Waals surface area (Å²) in [6, 6.07) is 5.94. The Morgan fingerprint density at radius 1 is 1.35 bits per heavy atom.